The number of likely N-dealkylation sites (N-methyl/N-ethyl adjacent to an activating group) is 6. The monoisotopic (exact) mass is 1750 g/mol. The summed E-state index contributed by atoms with van der Waals surface area (Å²) in [7, 11) is 8.25. The van der Waals surface area contributed by atoms with Gasteiger partial charge in [0.2, 0.25) is 76.8 Å². The van der Waals surface area contributed by atoms with Crippen molar-refractivity contribution in [3.05, 3.63) is 203 Å². The number of nitrogens with one attached hydrogen (secondary N) is 8. The molecule has 14 amide bonds. The maximum atomic E-state index is 14.8. The molecule has 0 heterocycles. The molecule has 0 saturated heterocycles. The van der Waals surface area contributed by atoms with Gasteiger partial charge in [-0.15, -0.1) is 0 Å². The molecule has 0 spiro atoms. The quantitative estimate of drug-likeness (QED) is 0.0172. The second kappa shape index (κ2) is 46.9. The zero-order valence-corrected chi connectivity index (χ0v) is 76.4. The lowest BCUT2D eigenvalue weighted by molar-refractivity contribution is -0.149. The predicted molar refractivity (Wildman–Crippen MR) is 481 cm³/mol. The van der Waals surface area contributed by atoms with Gasteiger partial charge in [-0.1, -0.05) is 225 Å². The van der Waals surface area contributed by atoms with Gasteiger partial charge in [0, 0.05) is 54.6 Å². The maximum absolute atomic E-state index is 14.8. The first-order valence-electron chi connectivity index (χ1n) is 43.2. The van der Waals surface area contributed by atoms with Gasteiger partial charge < -0.3 is 76.9 Å². The third-order valence-electron chi connectivity index (χ3n) is 23.2. The van der Waals surface area contributed by atoms with Gasteiger partial charge >= 0.3 is 12.1 Å². The molecule has 0 bridgehead atoms. The number of carbonyl (C=O) groups is 15. The fourth-order valence-electron chi connectivity index (χ4n) is 15.5. The van der Waals surface area contributed by atoms with E-state index >= 15 is 0 Å². The molecule has 127 heavy (non-hydrogen) atoms. The van der Waals surface area contributed by atoms with E-state index in [1.54, 1.807) is 44.2 Å². The van der Waals surface area contributed by atoms with Crippen LogP contribution in [0.3, 0.4) is 0 Å². The van der Waals surface area contributed by atoms with Crippen LogP contribution in [0.1, 0.15) is 161 Å². The predicted octanol–water partition coefficient (Wildman–Crippen LogP) is 7.14. The summed E-state index contributed by atoms with van der Waals surface area (Å²) in [6.07, 6.45) is -1.08. The average molecular weight is 1750 g/mol. The lowest BCUT2D eigenvalue weighted by Gasteiger charge is -2.37. The van der Waals surface area contributed by atoms with Crippen molar-refractivity contribution in [1.29, 1.82) is 0 Å². The van der Waals surface area contributed by atoms with Crippen molar-refractivity contribution in [1.82, 2.24) is 71.9 Å². The average Bonchev–Trinajstić information content (AvgIpc) is 1.61. The van der Waals surface area contributed by atoms with E-state index in [1.165, 1.54) is 81.8 Å². The van der Waals surface area contributed by atoms with Gasteiger partial charge in [0.15, 0.2) is 0 Å². The Balaban J connectivity index is 0.957. The first-order valence-corrected chi connectivity index (χ1v) is 43.2. The van der Waals surface area contributed by atoms with Crippen molar-refractivity contribution in [2.75, 3.05) is 62.0 Å². The first kappa shape index (κ1) is 101. The summed E-state index contributed by atoms with van der Waals surface area (Å²) in [6.45, 7) is 20.3. The van der Waals surface area contributed by atoms with Gasteiger partial charge in [0.25, 0.3) is 0 Å². The Morgan fingerprint density at radius 3 is 1.22 bits per heavy atom. The van der Waals surface area contributed by atoms with E-state index in [4.69, 9.17) is 4.74 Å². The Bertz CT molecular complexity index is 4680. The maximum Gasteiger partial charge on any atom is 0.410 e. The molecule has 0 unspecified atom stereocenters. The van der Waals surface area contributed by atoms with Gasteiger partial charge in [0.1, 0.15) is 85.2 Å². The van der Waals surface area contributed by atoms with E-state index in [1.807, 2.05) is 181 Å². The normalized spacial score (nSPS) is 14.3. The molecule has 9 N–H and O–H groups in total. The topological polar surface area (TPSA) is 401 Å². The molecule has 1 aliphatic carbocycles. The van der Waals surface area contributed by atoms with Gasteiger partial charge in [0.05, 0.1) is 13.0 Å². The standard InChI is InChI=1S/C96H128N14O17/c1-57(2)48-75(88(119)99-61(9)92(123)110(19)80(51-60(7)8)94(125)106(15)64(12)85(116)102-76(87(118)98-55-83(113)114)53-81(111)104-96(67-38-26-21-27-39-67,68-40-28-22-29-41-68)69-42-30-23-31-43-69)101-84(115)63(11)105(14)82(112)54-97-89(120)79(52-66-36-24-20-25-37-66)108(17)91(122)62(10)100-90(121)78(50-59(5)6)109(18)93(124)77(49-58(3)4)103-86(117)65(13)107(16)95(126)127-56-74-72-46-34-32-44-70(72)71-45-33-35-47-73(71)74/h20-47,57-65,74-80H,48-56H2,1-19H3,(H,97,120)(H,98,118)(H,99,119)(H,100,121)(H,101,115)(H,102,116)(H,103,117)(H,104,111)(H,113,114)/t61-,62-,63-,64-,65-,75-,76-,77-,78-,79-,80-/m0/s1. The molecule has 11 atom stereocenters. The van der Waals surface area contributed by atoms with Crippen molar-refractivity contribution in [2.24, 2.45) is 23.7 Å². The van der Waals surface area contributed by atoms with Gasteiger partial charge in [-0.05, 0) is 128 Å². The smallest absolute Gasteiger partial charge is 0.410 e. The Labute approximate surface area is 745 Å². The molecule has 0 radical (unpaired) electrons. The molecule has 0 saturated carbocycles. The highest BCUT2D eigenvalue weighted by atomic mass is 16.6. The lowest BCUT2D eigenvalue weighted by atomic mass is 9.77. The Morgan fingerprint density at radius 2 is 0.748 bits per heavy atom. The van der Waals surface area contributed by atoms with E-state index in [2.05, 4.69) is 42.5 Å². The van der Waals surface area contributed by atoms with Crippen molar-refractivity contribution in [3.8, 4) is 11.1 Å². The number of aliphatic carboxylic acids is 1. The Kier molecular flexibility index (Phi) is 37.4. The summed E-state index contributed by atoms with van der Waals surface area (Å²) in [5.41, 5.74) is 5.42. The highest BCUT2D eigenvalue weighted by Gasteiger charge is 2.44. The van der Waals surface area contributed by atoms with Crippen LogP contribution in [-0.4, -0.2) is 252 Å². The van der Waals surface area contributed by atoms with Crippen LogP contribution < -0.4 is 42.5 Å². The Morgan fingerprint density at radius 1 is 0.362 bits per heavy atom. The molecule has 1 aliphatic rings. The van der Waals surface area contributed by atoms with Crippen LogP contribution in [0.25, 0.3) is 11.1 Å². The largest absolute Gasteiger partial charge is 0.480 e. The van der Waals surface area contributed by atoms with Crippen LogP contribution in [0.2, 0.25) is 0 Å². The number of ether oxygens (including phenoxy) is 1. The minimum atomic E-state index is -1.68. The van der Waals surface area contributed by atoms with E-state index in [9.17, 15) is 77.0 Å². The summed E-state index contributed by atoms with van der Waals surface area (Å²) in [5, 5.41) is 31.1. The minimum Gasteiger partial charge on any atom is -0.480 e. The minimum absolute atomic E-state index is 0.0212. The van der Waals surface area contributed by atoms with Crippen molar-refractivity contribution < 1.29 is 81.8 Å². The van der Waals surface area contributed by atoms with E-state index in [-0.39, 0.29) is 68.3 Å². The summed E-state index contributed by atoms with van der Waals surface area (Å²) in [6, 6.07) is 37.7. The summed E-state index contributed by atoms with van der Waals surface area (Å²) in [5.74, 6) is -12.2. The molecule has 31 nitrogen and oxygen atoms in total. The van der Waals surface area contributed by atoms with E-state index in [0.29, 0.717) is 22.3 Å². The number of carbonyl (C=O) groups excluding carboxylic acids is 14. The molecule has 0 aromatic heterocycles. The molecule has 6 aromatic rings. The number of hydrogen-bond donors (Lipinski definition) is 9. The van der Waals surface area contributed by atoms with E-state index in [0.717, 1.165) is 46.8 Å². The zero-order valence-electron chi connectivity index (χ0n) is 76.4. The van der Waals surface area contributed by atoms with Crippen LogP contribution >= 0.6 is 0 Å². The first-order chi connectivity index (χ1) is 60.0. The van der Waals surface area contributed by atoms with Gasteiger partial charge in [-0.3, -0.25) is 72.0 Å². The summed E-state index contributed by atoms with van der Waals surface area (Å²) >= 11 is 0. The zero-order chi connectivity index (χ0) is 94.0. The summed E-state index contributed by atoms with van der Waals surface area (Å²) < 4.78 is 5.84. The number of fused-ring (bicyclic) bond motifs is 3. The Hall–Kier alpha value is -12.8. The fourth-order valence-corrected chi connectivity index (χ4v) is 15.5. The molecule has 0 fully saturated rings. The molecule has 7 rings (SSSR count). The molecule has 6 aromatic carbocycles. The van der Waals surface area contributed by atoms with Crippen LogP contribution in [0.4, 0.5) is 4.79 Å². The number of carboxylic acid groups (broad SMARTS) is 1. The number of amides is 14. The second-order valence-corrected chi connectivity index (χ2v) is 34.6. The number of nitrogens with zero attached hydrogens (tertiary/aromatic N) is 6. The highest BCUT2D eigenvalue weighted by molar-refractivity contribution is 6.00. The van der Waals surface area contributed by atoms with Crippen LogP contribution in [-0.2, 0) is 83.8 Å². The SMILES string of the molecule is CC(C)C[C@H](NC(=O)[C@H](C)N(C)C(=O)CNC(=O)[C@H](Cc1ccccc1)N(C)C(=O)[C@H](C)NC(=O)[C@H](CC(C)C)N(C)C(=O)[C@H](CC(C)C)NC(=O)[C@H](C)N(C)C(=O)OCC1c2ccccc2-c2ccccc21)C(=O)N[C@@H](C)C(=O)N(C)[C@@H](CC(C)C)C(=O)N(C)[C@@H](C)C(=O)N[C@@H](CC(=O)NC(c1ccccc1)(c1ccccc1)c1ccccc1)C(=O)NCC(=O)O. The number of carboxylic acids is 1. The van der Waals surface area contributed by atoms with Crippen molar-refractivity contribution in [3.63, 3.8) is 0 Å². The van der Waals surface area contributed by atoms with Crippen molar-refractivity contribution >= 4 is 88.9 Å². The van der Waals surface area contributed by atoms with Gasteiger partial charge in [-0.2, -0.15) is 0 Å². The molecule has 31 heteroatoms. The number of hydrogen-bond acceptors (Lipinski definition) is 16. The highest BCUT2D eigenvalue weighted by Crippen LogP contribution is 2.45. The van der Waals surface area contributed by atoms with Crippen LogP contribution in [0.5, 0.6) is 0 Å². The molecular weight excluding hydrogens is 1620 g/mol. The lowest BCUT2D eigenvalue weighted by Crippen LogP contribution is -2.60. The third-order valence-corrected chi connectivity index (χ3v) is 23.2. The summed E-state index contributed by atoms with van der Waals surface area (Å²) in [4.78, 5) is 219. The number of benzene rings is 6. The van der Waals surface area contributed by atoms with Crippen LogP contribution in [0, 0.1) is 23.7 Å². The van der Waals surface area contributed by atoms with Crippen LogP contribution in [0.15, 0.2) is 170 Å². The second-order valence-electron chi connectivity index (χ2n) is 34.6. The van der Waals surface area contributed by atoms with Gasteiger partial charge in [-0.25, -0.2) is 4.79 Å². The third kappa shape index (κ3) is 27.1. The van der Waals surface area contributed by atoms with Crippen molar-refractivity contribution in [2.45, 2.75) is 206 Å². The van der Waals surface area contributed by atoms with E-state index < -0.39 is 180 Å². The molecular formula is C96H128N14O17. The molecule has 0 aliphatic heterocycles. The number of rotatable bonds is 44. The fraction of sp³-hybridized carbons (Fsp3) is 0.469. The molecule has 684 valence electrons.